The lowest BCUT2D eigenvalue weighted by atomic mass is 10.1. The molecule has 0 unspecified atom stereocenters. The van der Waals surface area contributed by atoms with E-state index in [1.54, 1.807) is 0 Å². The average molecular weight is 366 g/mol. The minimum Gasteiger partial charge on any atom is -0.493 e. The molecule has 2 aromatic carbocycles. The van der Waals surface area contributed by atoms with Crippen molar-refractivity contribution in [1.82, 2.24) is 4.98 Å². The van der Waals surface area contributed by atoms with Crippen molar-refractivity contribution in [3.8, 4) is 17.0 Å². The van der Waals surface area contributed by atoms with E-state index in [0.29, 0.717) is 18.2 Å². The van der Waals surface area contributed by atoms with E-state index in [1.807, 2.05) is 54.8 Å². The number of rotatable bonds is 8. The highest BCUT2D eigenvalue weighted by molar-refractivity contribution is 7.14. The van der Waals surface area contributed by atoms with Gasteiger partial charge in [-0.3, -0.25) is 4.79 Å². The highest BCUT2D eigenvalue weighted by atomic mass is 32.1. The van der Waals surface area contributed by atoms with E-state index in [4.69, 9.17) is 4.74 Å². The molecule has 1 N–H and O–H groups in total. The van der Waals surface area contributed by atoms with Crippen LogP contribution in [-0.4, -0.2) is 17.5 Å². The van der Waals surface area contributed by atoms with Gasteiger partial charge in [-0.05, 0) is 37.5 Å². The first-order valence-electron chi connectivity index (χ1n) is 8.77. The van der Waals surface area contributed by atoms with Crippen molar-refractivity contribution < 1.29 is 9.53 Å². The molecule has 0 aliphatic carbocycles. The standard InChI is InChI=1S/C21H22N2O2S/c1-2-25-19-13-7-6-12-17(19)18-15-26-21(22-18)23-20(24)14-8-11-16-9-4-3-5-10-16/h3-7,9-10,12-13,15H,2,8,11,14H2,1H3,(H,22,23,24). The van der Waals surface area contributed by atoms with E-state index < -0.39 is 0 Å². The second-order valence-corrected chi connectivity index (χ2v) is 6.71. The number of hydrogen-bond donors (Lipinski definition) is 1. The number of hydrogen-bond acceptors (Lipinski definition) is 4. The van der Waals surface area contributed by atoms with Gasteiger partial charge in [0.25, 0.3) is 0 Å². The summed E-state index contributed by atoms with van der Waals surface area (Å²) in [5, 5.41) is 5.46. The van der Waals surface area contributed by atoms with Crippen molar-refractivity contribution >= 4 is 22.4 Å². The molecule has 0 saturated carbocycles. The molecule has 0 aliphatic heterocycles. The Kier molecular flexibility index (Phi) is 6.39. The topological polar surface area (TPSA) is 51.2 Å². The summed E-state index contributed by atoms with van der Waals surface area (Å²) in [6.45, 7) is 2.56. The van der Waals surface area contributed by atoms with Crippen molar-refractivity contribution in [2.45, 2.75) is 26.2 Å². The van der Waals surface area contributed by atoms with Gasteiger partial charge in [0.1, 0.15) is 5.75 Å². The zero-order chi connectivity index (χ0) is 18.2. The highest BCUT2D eigenvalue weighted by Crippen LogP contribution is 2.32. The predicted octanol–water partition coefficient (Wildman–Crippen LogP) is 5.17. The number of para-hydroxylation sites is 1. The van der Waals surface area contributed by atoms with Crippen LogP contribution in [0.15, 0.2) is 60.0 Å². The summed E-state index contributed by atoms with van der Waals surface area (Å²) >= 11 is 1.43. The van der Waals surface area contributed by atoms with Crippen LogP contribution in [0.3, 0.4) is 0 Å². The van der Waals surface area contributed by atoms with Crippen molar-refractivity contribution in [3.63, 3.8) is 0 Å². The zero-order valence-electron chi connectivity index (χ0n) is 14.8. The minimum absolute atomic E-state index is 0.0000699. The zero-order valence-corrected chi connectivity index (χ0v) is 15.6. The lowest BCUT2D eigenvalue weighted by Crippen LogP contribution is -2.11. The number of amides is 1. The molecule has 4 nitrogen and oxygen atoms in total. The van der Waals surface area contributed by atoms with Gasteiger partial charge < -0.3 is 10.1 Å². The largest absolute Gasteiger partial charge is 0.493 e. The molecule has 1 heterocycles. The number of nitrogens with zero attached hydrogens (tertiary/aromatic N) is 1. The molecule has 3 rings (SSSR count). The number of carbonyl (C=O) groups is 1. The first kappa shape index (κ1) is 18.1. The van der Waals surface area contributed by atoms with Gasteiger partial charge in [0.2, 0.25) is 5.91 Å². The summed E-state index contributed by atoms with van der Waals surface area (Å²) in [4.78, 5) is 16.7. The number of aromatic nitrogens is 1. The lowest BCUT2D eigenvalue weighted by molar-refractivity contribution is -0.116. The number of carbonyl (C=O) groups excluding carboxylic acids is 1. The monoisotopic (exact) mass is 366 g/mol. The molecule has 0 radical (unpaired) electrons. The van der Waals surface area contributed by atoms with Crippen molar-refractivity contribution in [2.75, 3.05) is 11.9 Å². The number of nitrogens with one attached hydrogen (secondary N) is 1. The van der Waals surface area contributed by atoms with Crippen molar-refractivity contribution in [2.24, 2.45) is 0 Å². The maximum atomic E-state index is 12.1. The number of anilines is 1. The summed E-state index contributed by atoms with van der Waals surface area (Å²) < 4.78 is 5.65. The van der Waals surface area contributed by atoms with Crippen LogP contribution in [0.25, 0.3) is 11.3 Å². The molecule has 0 spiro atoms. The molecular weight excluding hydrogens is 344 g/mol. The van der Waals surface area contributed by atoms with Gasteiger partial charge in [-0.2, -0.15) is 0 Å². The van der Waals surface area contributed by atoms with E-state index in [-0.39, 0.29) is 5.91 Å². The smallest absolute Gasteiger partial charge is 0.226 e. The Morgan fingerprint density at radius 1 is 1.12 bits per heavy atom. The molecule has 0 saturated heterocycles. The Bertz CT molecular complexity index is 846. The van der Waals surface area contributed by atoms with Crippen LogP contribution in [0.1, 0.15) is 25.3 Å². The van der Waals surface area contributed by atoms with Crippen LogP contribution >= 0.6 is 11.3 Å². The predicted molar refractivity (Wildman–Crippen MR) is 107 cm³/mol. The summed E-state index contributed by atoms with van der Waals surface area (Å²) in [6.07, 6.45) is 2.21. The summed E-state index contributed by atoms with van der Waals surface area (Å²) in [6, 6.07) is 18.0. The molecular formula is C21H22N2O2S. The fraction of sp³-hybridized carbons (Fsp3) is 0.238. The van der Waals surface area contributed by atoms with Crippen LogP contribution < -0.4 is 10.1 Å². The Morgan fingerprint density at radius 3 is 2.69 bits per heavy atom. The average Bonchev–Trinajstić information content (AvgIpc) is 3.11. The first-order chi connectivity index (χ1) is 12.8. The molecule has 134 valence electrons. The molecule has 0 bridgehead atoms. The summed E-state index contributed by atoms with van der Waals surface area (Å²) in [5.41, 5.74) is 3.01. The van der Waals surface area contributed by atoms with E-state index in [9.17, 15) is 4.79 Å². The third-order valence-corrected chi connectivity index (χ3v) is 4.68. The third kappa shape index (κ3) is 4.92. The van der Waals surface area contributed by atoms with Gasteiger partial charge in [-0.1, -0.05) is 42.5 Å². The quantitative estimate of drug-likeness (QED) is 0.598. The normalized spacial score (nSPS) is 10.5. The molecule has 1 aromatic heterocycles. The fourth-order valence-electron chi connectivity index (χ4n) is 2.69. The Morgan fingerprint density at radius 2 is 1.88 bits per heavy atom. The van der Waals surface area contributed by atoms with Gasteiger partial charge in [0, 0.05) is 17.4 Å². The highest BCUT2D eigenvalue weighted by Gasteiger charge is 2.11. The van der Waals surface area contributed by atoms with Crippen molar-refractivity contribution in [1.29, 1.82) is 0 Å². The van der Waals surface area contributed by atoms with Gasteiger partial charge in [0.05, 0.1) is 12.3 Å². The number of ether oxygens (including phenoxy) is 1. The molecule has 0 aliphatic rings. The number of aryl methyl sites for hydroxylation is 1. The van der Waals surface area contributed by atoms with Gasteiger partial charge in [-0.15, -0.1) is 11.3 Å². The molecule has 3 aromatic rings. The van der Waals surface area contributed by atoms with E-state index in [0.717, 1.165) is 29.8 Å². The maximum Gasteiger partial charge on any atom is 0.226 e. The van der Waals surface area contributed by atoms with Crippen LogP contribution in [0.4, 0.5) is 5.13 Å². The van der Waals surface area contributed by atoms with Crippen LogP contribution in [0.2, 0.25) is 0 Å². The lowest BCUT2D eigenvalue weighted by Gasteiger charge is -2.07. The molecule has 0 fully saturated rings. The SMILES string of the molecule is CCOc1ccccc1-c1csc(NC(=O)CCCc2ccccc2)n1. The Labute approximate surface area is 157 Å². The summed E-state index contributed by atoms with van der Waals surface area (Å²) in [5.74, 6) is 0.806. The van der Waals surface area contributed by atoms with Crippen molar-refractivity contribution in [3.05, 3.63) is 65.5 Å². The minimum atomic E-state index is -0.0000699. The van der Waals surface area contributed by atoms with Gasteiger partial charge >= 0.3 is 0 Å². The second kappa shape index (κ2) is 9.15. The Hall–Kier alpha value is -2.66. The van der Waals surface area contributed by atoms with E-state index >= 15 is 0 Å². The van der Waals surface area contributed by atoms with Crippen LogP contribution in [0, 0.1) is 0 Å². The number of benzene rings is 2. The Balaban J connectivity index is 1.56. The van der Waals surface area contributed by atoms with E-state index in [1.165, 1.54) is 16.9 Å². The van der Waals surface area contributed by atoms with Crippen LogP contribution in [-0.2, 0) is 11.2 Å². The van der Waals surface area contributed by atoms with E-state index in [2.05, 4.69) is 22.4 Å². The first-order valence-corrected chi connectivity index (χ1v) is 9.65. The second-order valence-electron chi connectivity index (χ2n) is 5.85. The van der Waals surface area contributed by atoms with Gasteiger partial charge in [-0.25, -0.2) is 4.98 Å². The molecule has 0 atom stereocenters. The molecule has 1 amide bonds. The van der Waals surface area contributed by atoms with Crippen LogP contribution in [0.5, 0.6) is 5.75 Å². The van der Waals surface area contributed by atoms with Gasteiger partial charge in [0.15, 0.2) is 5.13 Å². The maximum absolute atomic E-state index is 12.1. The molecule has 26 heavy (non-hydrogen) atoms. The number of thiazole rings is 1. The third-order valence-electron chi connectivity index (χ3n) is 3.93. The fourth-order valence-corrected chi connectivity index (χ4v) is 3.42. The molecule has 5 heteroatoms. The summed E-state index contributed by atoms with van der Waals surface area (Å²) in [7, 11) is 0.